The first-order valence-corrected chi connectivity index (χ1v) is 13.0. The van der Waals surface area contributed by atoms with Crippen molar-refractivity contribution in [2.24, 2.45) is 0 Å². The fraction of sp³-hybridized carbons (Fsp3) is 0.714. The second kappa shape index (κ2) is 22.8. The quantitative estimate of drug-likeness (QED) is 0.0961. The Bertz CT molecular complexity index is 509. The summed E-state index contributed by atoms with van der Waals surface area (Å²) in [7, 11) is 0. The number of rotatable bonds is 23. The van der Waals surface area contributed by atoms with Crippen LogP contribution in [0.2, 0.25) is 0 Å². The molecule has 0 radical (unpaired) electrons. The zero-order chi connectivity index (χ0) is 23.0. The monoisotopic (exact) mass is 448 g/mol. The Labute approximate surface area is 197 Å². The molecular formula is C28H48O4. The number of hydrogen-bond donors (Lipinski definition) is 0. The van der Waals surface area contributed by atoms with E-state index in [1.807, 2.05) is 18.2 Å². The Kier molecular flexibility index (Phi) is 20.4. The maximum atomic E-state index is 5.79. The molecule has 0 aliphatic heterocycles. The van der Waals surface area contributed by atoms with Crippen LogP contribution in [-0.4, -0.2) is 26.3 Å². The van der Waals surface area contributed by atoms with E-state index in [-0.39, 0.29) is 6.29 Å². The molecule has 0 aliphatic rings. The molecule has 0 saturated carbocycles. The molecule has 32 heavy (non-hydrogen) atoms. The van der Waals surface area contributed by atoms with Crippen molar-refractivity contribution in [2.75, 3.05) is 20.0 Å². The van der Waals surface area contributed by atoms with Crippen molar-refractivity contribution >= 4 is 0 Å². The van der Waals surface area contributed by atoms with Crippen LogP contribution in [0.1, 0.15) is 103 Å². The van der Waals surface area contributed by atoms with Gasteiger partial charge >= 0.3 is 0 Å². The van der Waals surface area contributed by atoms with Crippen molar-refractivity contribution < 1.29 is 18.9 Å². The van der Waals surface area contributed by atoms with Gasteiger partial charge in [-0.2, -0.15) is 0 Å². The van der Waals surface area contributed by atoms with Crippen molar-refractivity contribution in [3.8, 4) is 0 Å². The van der Waals surface area contributed by atoms with Gasteiger partial charge in [-0.1, -0.05) is 89.1 Å². The highest BCUT2D eigenvalue weighted by atomic mass is 16.7. The molecule has 0 bridgehead atoms. The number of ether oxygens (including phenoxy) is 4. The molecule has 0 amide bonds. The lowest BCUT2D eigenvalue weighted by Crippen LogP contribution is -2.18. The summed E-state index contributed by atoms with van der Waals surface area (Å²) in [5.74, 6) is 0. The molecule has 1 aromatic rings. The van der Waals surface area contributed by atoms with Gasteiger partial charge in [-0.3, -0.25) is 0 Å². The number of unbranched alkanes of at least 4 members (excludes halogenated alkanes) is 9. The van der Waals surface area contributed by atoms with Gasteiger partial charge in [0.1, 0.15) is 0 Å². The van der Waals surface area contributed by atoms with E-state index < -0.39 is 0 Å². The lowest BCUT2D eigenvalue weighted by atomic mass is 10.1. The van der Waals surface area contributed by atoms with Gasteiger partial charge in [0, 0.05) is 13.2 Å². The van der Waals surface area contributed by atoms with E-state index in [4.69, 9.17) is 18.9 Å². The Balaban J connectivity index is 1.81. The Morgan fingerprint density at radius 2 is 1.34 bits per heavy atom. The van der Waals surface area contributed by atoms with Crippen LogP contribution in [0.4, 0.5) is 0 Å². The summed E-state index contributed by atoms with van der Waals surface area (Å²) in [6.07, 6.45) is 19.9. The number of hydrogen-bond acceptors (Lipinski definition) is 4. The van der Waals surface area contributed by atoms with E-state index in [2.05, 4.69) is 32.1 Å². The maximum Gasteiger partial charge on any atom is 0.188 e. The summed E-state index contributed by atoms with van der Waals surface area (Å²) >= 11 is 0. The van der Waals surface area contributed by atoms with Crippen molar-refractivity contribution in [3.63, 3.8) is 0 Å². The van der Waals surface area contributed by atoms with Crippen molar-refractivity contribution in [1.82, 2.24) is 0 Å². The molecule has 0 heterocycles. The minimum atomic E-state index is 0.0103. The van der Waals surface area contributed by atoms with Crippen LogP contribution in [0, 0.1) is 0 Å². The second-order valence-electron chi connectivity index (χ2n) is 8.42. The summed E-state index contributed by atoms with van der Waals surface area (Å²) in [6, 6.07) is 10.2. The predicted octanol–water partition coefficient (Wildman–Crippen LogP) is 8.16. The minimum absolute atomic E-state index is 0.0103. The SMILES string of the molecule is CCCOC(CCCCCCCCCCCC=COCOCc1ccccc1)OCCC. The average Bonchev–Trinajstić information content (AvgIpc) is 2.82. The van der Waals surface area contributed by atoms with Gasteiger partial charge in [0.2, 0.25) is 0 Å². The van der Waals surface area contributed by atoms with E-state index >= 15 is 0 Å². The molecule has 0 aliphatic carbocycles. The topological polar surface area (TPSA) is 36.9 Å². The van der Waals surface area contributed by atoms with Gasteiger partial charge in [0.05, 0.1) is 12.9 Å². The van der Waals surface area contributed by atoms with Crippen molar-refractivity contribution in [2.45, 2.75) is 110 Å². The van der Waals surface area contributed by atoms with Crippen LogP contribution >= 0.6 is 0 Å². The van der Waals surface area contributed by atoms with Crippen molar-refractivity contribution in [3.05, 3.63) is 48.2 Å². The van der Waals surface area contributed by atoms with E-state index in [0.29, 0.717) is 13.4 Å². The maximum absolute atomic E-state index is 5.79. The first-order chi connectivity index (χ1) is 15.9. The summed E-state index contributed by atoms with van der Waals surface area (Å²) in [6.45, 7) is 6.81. The number of benzene rings is 1. The molecule has 4 nitrogen and oxygen atoms in total. The highest BCUT2D eigenvalue weighted by molar-refractivity contribution is 5.13. The van der Waals surface area contributed by atoms with Crippen LogP contribution < -0.4 is 0 Å². The first-order valence-electron chi connectivity index (χ1n) is 13.0. The fourth-order valence-corrected chi connectivity index (χ4v) is 3.48. The molecule has 0 atom stereocenters. The van der Waals surface area contributed by atoms with E-state index in [1.54, 1.807) is 6.26 Å². The highest BCUT2D eigenvalue weighted by Crippen LogP contribution is 2.14. The third-order valence-corrected chi connectivity index (χ3v) is 5.28. The third kappa shape index (κ3) is 18.2. The summed E-state index contributed by atoms with van der Waals surface area (Å²) in [5, 5.41) is 0. The Hall–Kier alpha value is -1.36. The molecule has 0 saturated heterocycles. The number of allylic oxidation sites excluding steroid dienone is 1. The Morgan fingerprint density at radius 3 is 1.97 bits per heavy atom. The Morgan fingerprint density at radius 1 is 0.750 bits per heavy atom. The predicted molar refractivity (Wildman–Crippen MR) is 133 cm³/mol. The lowest BCUT2D eigenvalue weighted by Gasteiger charge is -2.18. The summed E-state index contributed by atoms with van der Waals surface area (Å²) in [5.41, 5.74) is 1.17. The molecule has 0 aromatic heterocycles. The molecule has 184 valence electrons. The van der Waals surface area contributed by atoms with Gasteiger partial charge in [-0.05, 0) is 50.2 Å². The molecule has 0 unspecified atom stereocenters. The van der Waals surface area contributed by atoms with Crippen LogP contribution in [0.25, 0.3) is 0 Å². The van der Waals surface area contributed by atoms with Gasteiger partial charge < -0.3 is 18.9 Å². The van der Waals surface area contributed by atoms with Gasteiger partial charge in [-0.15, -0.1) is 0 Å². The van der Waals surface area contributed by atoms with Crippen LogP contribution in [0.5, 0.6) is 0 Å². The zero-order valence-corrected chi connectivity index (χ0v) is 20.8. The lowest BCUT2D eigenvalue weighted by molar-refractivity contribution is -0.146. The molecule has 0 spiro atoms. The average molecular weight is 449 g/mol. The van der Waals surface area contributed by atoms with Gasteiger partial charge in [-0.25, -0.2) is 0 Å². The van der Waals surface area contributed by atoms with Crippen LogP contribution in [-0.2, 0) is 25.6 Å². The fourth-order valence-electron chi connectivity index (χ4n) is 3.48. The first kappa shape index (κ1) is 28.7. The van der Waals surface area contributed by atoms with Crippen LogP contribution in [0.15, 0.2) is 42.7 Å². The normalized spacial score (nSPS) is 11.6. The molecular weight excluding hydrogens is 400 g/mol. The molecule has 0 N–H and O–H groups in total. The van der Waals surface area contributed by atoms with E-state index in [1.165, 1.54) is 63.4 Å². The molecule has 1 aromatic carbocycles. The zero-order valence-electron chi connectivity index (χ0n) is 20.8. The smallest absolute Gasteiger partial charge is 0.188 e. The van der Waals surface area contributed by atoms with Gasteiger partial charge in [0.15, 0.2) is 13.1 Å². The van der Waals surface area contributed by atoms with Crippen molar-refractivity contribution in [1.29, 1.82) is 0 Å². The highest BCUT2D eigenvalue weighted by Gasteiger charge is 2.08. The van der Waals surface area contributed by atoms with Crippen LogP contribution in [0.3, 0.4) is 0 Å². The standard InChI is InChI=1S/C28H48O4/c1-3-22-31-28(32-23-4-2)21-17-12-10-8-6-5-7-9-11-13-18-24-29-26-30-25-27-19-15-14-16-20-27/h14-16,18-20,24,28H,3-13,17,21-23,25-26H2,1-2H3. The molecule has 4 heteroatoms. The van der Waals surface area contributed by atoms with E-state index in [0.717, 1.165) is 38.9 Å². The third-order valence-electron chi connectivity index (χ3n) is 5.28. The minimum Gasteiger partial charge on any atom is -0.475 e. The molecule has 0 fully saturated rings. The van der Waals surface area contributed by atoms with Gasteiger partial charge in [0.25, 0.3) is 0 Å². The van der Waals surface area contributed by atoms with E-state index in [9.17, 15) is 0 Å². The summed E-state index contributed by atoms with van der Waals surface area (Å²) < 4.78 is 22.5. The largest absolute Gasteiger partial charge is 0.475 e. The summed E-state index contributed by atoms with van der Waals surface area (Å²) in [4.78, 5) is 0. The molecule has 1 rings (SSSR count). The second-order valence-corrected chi connectivity index (χ2v) is 8.42.